The molecule has 0 radical (unpaired) electrons. The Labute approximate surface area is 244 Å². The Hall–Kier alpha value is -5.56. The Bertz CT molecular complexity index is 1850. The van der Waals surface area contributed by atoms with Gasteiger partial charge in [0.25, 0.3) is 5.91 Å². The lowest BCUT2D eigenvalue weighted by molar-refractivity contribution is 0.102. The van der Waals surface area contributed by atoms with Crippen LogP contribution in [-0.2, 0) is 13.0 Å². The number of pyridine rings is 2. The number of rotatable bonds is 6. The summed E-state index contributed by atoms with van der Waals surface area (Å²) >= 11 is 0. The number of anilines is 2. The second-order valence-corrected chi connectivity index (χ2v) is 10.2. The van der Waals surface area contributed by atoms with Crippen molar-refractivity contribution >= 4 is 17.4 Å². The second kappa shape index (κ2) is 11.1. The molecule has 2 N–H and O–H groups in total. The first-order valence-corrected chi connectivity index (χ1v) is 14.0. The van der Waals surface area contributed by atoms with Gasteiger partial charge < -0.3 is 15.2 Å². The highest BCUT2D eigenvalue weighted by Crippen LogP contribution is 2.37. The van der Waals surface area contributed by atoms with Crippen LogP contribution in [0.5, 0.6) is 0 Å². The molecule has 7 rings (SSSR count). The van der Waals surface area contributed by atoms with Crippen LogP contribution in [0.3, 0.4) is 0 Å². The topological polar surface area (TPSA) is 86.8 Å². The number of fused-ring (bicyclic) bond motifs is 3. The fourth-order valence-corrected chi connectivity index (χ4v) is 5.47. The molecule has 42 heavy (non-hydrogen) atoms. The number of H-pyrrole nitrogens is 1. The summed E-state index contributed by atoms with van der Waals surface area (Å²) in [6.45, 7) is 1.50. The van der Waals surface area contributed by atoms with Crippen LogP contribution in [0.4, 0.5) is 11.5 Å². The highest BCUT2D eigenvalue weighted by molar-refractivity contribution is 6.08. The molecule has 0 atom stereocenters. The molecule has 3 aromatic heterocycles. The van der Waals surface area contributed by atoms with Gasteiger partial charge in [0.05, 0.1) is 11.4 Å². The zero-order chi connectivity index (χ0) is 28.3. The minimum atomic E-state index is -0.185. The number of aromatic nitrogens is 4. The SMILES string of the molecule is O=C(Nc1ccc(CN2CCc3nc(-c4ccccn4)[nH]c3-c3ccccc32)cn1)c1ccccc1-c1ccccc1. The van der Waals surface area contributed by atoms with Crippen molar-refractivity contribution < 1.29 is 4.79 Å². The Morgan fingerprint density at radius 3 is 2.40 bits per heavy atom. The highest BCUT2D eigenvalue weighted by Gasteiger charge is 2.23. The van der Waals surface area contributed by atoms with Crippen LogP contribution >= 0.6 is 0 Å². The summed E-state index contributed by atoms with van der Waals surface area (Å²) in [7, 11) is 0. The Kier molecular flexibility index (Phi) is 6.74. The Balaban J connectivity index is 1.09. The third-order valence-corrected chi connectivity index (χ3v) is 7.52. The van der Waals surface area contributed by atoms with Gasteiger partial charge in [0.15, 0.2) is 5.82 Å². The van der Waals surface area contributed by atoms with E-state index in [1.165, 1.54) is 0 Å². The maximum absolute atomic E-state index is 13.2. The molecule has 204 valence electrons. The summed E-state index contributed by atoms with van der Waals surface area (Å²) in [5, 5.41) is 2.97. The largest absolute Gasteiger partial charge is 0.366 e. The van der Waals surface area contributed by atoms with Crippen molar-refractivity contribution in [2.24, 2.45) is 0 Å². The average molecular weight is 549 g/mol. The maximum atomic E-state index is 13.2. The van der Waals surface area contributed by atoms with E-state index >= 15 is 0 Å². The molecule has 0 spiro atoms. The van der Waals surface area contributed by atoms with Crippen LogP contribution in [0, 0.1) is 0 Å². The number of carbonyl (C=O) groups is 1. The molecule has 7 nitrogen and oxygen atoms in total. The highest BCUT2D eigenvalue weighted by atomic mass is 16.1. The molecule has 0 unspecified atom stereocenters. The number of hydrogen-bond acceptors (Lipinski definition) is 5. The number of imidazole rings is 1. The quantitative estimate of drug-likeness (QED) is 0.234. The molecule has 0 saturated carbocycles. The lowest BCUT2D eigenvalue weighted by Gasteiger charge is -2.25. The van der Waals surface area contributed by atoms with Crippen LogP contribution in [-0.4, -0.2) is 32.4 Å². The van der Waals surface area contributed by atoms with Crippen molar-refractivity contribution in [1.29, 1.82) is 0 Å². The number of nitrogens with zero attached hydrogens (tertiary/aromatic N) is 4. The number of amides is 1. The normalized spacial score (nSPS) is 12.2. The van der Waals surface area contributed by atoms with E-state index in [1.54, 1.807) is 6.20 Å². The molecular formula is C35H28N6O. The van der Waals surface area contributed by atoms with Gasteiger partial charge in [-0.2, -0.15) is 0 Å². The molecule has 6 aromatic rings. The smallest absolute Gasteiger partial charge is 0.257 e. The maximum Gasteiger partial charge on any atom is 0.257 e. The average Bonchev–Trinajstić information content (AvgIpc) is 3.43. The van der Waals surface area contributed by atoms with E-state index < -0.39 is 0 Å². The molecule has 1 amide bonds. The van der Waals surface area contributed by atoms with Gasteiger partial charge in [-0.15, -0.1) is 0 Å². The zero-order valence-electron chi connectivity index (χ0n) is 22.9. The molecular weight excluding hydrogens is 520 g/mol. The summed E-state index contributed by atoms with van der Waals surface area (Å²) in [6.07, 6.45) is 4.42. The lowest BCUT2D eigenvalue weighted by Crippen LogP contribution is -2.25. The van der Waals surface area contributed by atoms with E-state index in [2.05, 4.69) is 49.4 Å². The first kappa shape index (κ1) is 25.4. The fraction of sp³-hybridized carbons (Fsp3) is 0.0857. The number of aromatic amines is 1. The van der Waals surface area contributed by atoms with Gasteiger partial charge >= 0.3 is 0 Å². The minimum absolute atomic E-state index is 0.185. The molecule has 1 aliphatic rings. The molecule has 7 heteroatoms. The van der Waals surface area contributed by atoms with Crippen LogP contribution in [0.15, 0.2) is 122 Å². The lowest BCUT2D eigenvalue weighted by atomic mass is 9.99. The summed E-state index contributed by atoms with van der Waals surface area (Å²) in [6, 6.07) is 35.7. The van der Waals surface area contributed by atoms with Crippen molar-refractivity contribution in [1.82, 2.24) is 19.9 Å². The third kappa shape index (κ3) is 5.04. The molecule has 0 fully saturated rings. The molecule has 3 aromatic carbocycles. The Morgan fingerprint density at radius 2 is 1.60 bits per heavy atom. The van der Waals surface area contributed by atoms with Gasteiger partial charge in [-0.3, -0.25) is 9.78 Å². The van der Waals surface area contributed by atoms with Gasteiger partial charge in [-0.1, -0.05) is 78.9 Å². The van der Waals surface area contributed by atoms with E-state index in [0.717, 1.165) is 63.8 Å². The standard InChI is InChI=1S/C35H28N6O/c42-35(27-13-5-4-12-26(27)25-10-2-1-3-11-25)39-32-18-17-24(22-37-32)23-41-21-19-29-33(28-14-6-7-16-31(28)41)40-34(38-29)30-15-8-9-20-36-30/h1-18,20,22H,19,21,23H2,(H,38,40)(H,37,39,42). The summed E-state index contributed by atoms with van der Waals surface area (Å²) in [5.41, 5.74) is 8.73. The van der Waals surface area contributed by atoms with Crippen LogP contribution in [0.25, 0.3) is 33.9 Å². The molecule has 4 heterocycles. The van der Waals surface area contributed by atoms with E-state index in [1.807, 2.05) is 91.1 Å². The predicted molar refractivity (Wildman–Crippen MR) is 166 cm³/mol. The van der Waals surface area contributed by atoms with Crippen molar-refractivity contribution in [2.75, 3.05) is 16.8 Å². The number of nitrogens with one attached hydrogen (secondary N) is 2. The van der Waals surface area contributed by atoms with Gasteiger partial charge in [0.1, 0.15) is 11.5 Å². The van der Waals surface area contributed by atoms with Crippen LogP contribution in [0.1, 0.15) is 21.6 Å². The summed E-state index contributed by atoms with van der Waals surface area (Å²) in [5.74, 6) is 1.12. The van der Waals surface area contributed by atoms with Crippen LogP contribution < -0.4 is 10.2 Å². The zero-order valence-corrected chi connectivity index (χ0v) is 22.9. The first-order chi connectivity index (χ1) is 20.7. The van der Waals surface area contributed by atoms with Crippen molar-refractivity contribution in [3.8, 4) is 33.9 Å². The van der Waals surface area contributed by atoms with E-state index in [0.29, 0.717) is 17.9 Å². The number of hydrogen-bond donors (Lipinski definition) is 2. The Morgan fingerprint density at radius 1 is 0.810 bits per heavy atom. The number of benzene rings is 3. The molecule has 0 bridgehead atoms. The molecule has 0 saturated heterocycles. The van der Waals surface area contributed by atoms with Crippen molar-refractivity contribution in [3.63, 3.8) is 0 Å². The van der Waals surface area contributed by atoms with E-state index in [-0.39, 0.29) is 5.91 Å². The van der Waals surface area contributed by atoms with E-state index in [9.17, 15) is 4.79 Å². The number of carbonyl (C=O) groups excluding carboxylic acids is 1. The second-order valence-electron chi connectivity index (χ2n) is 10.2. The van der Waals surface area contributed by atoms with E-state index in [4.69, 9.17) is 4.98 Å². The summed E-state index contributed by atoms with van der Waals surface area (Å²) < 4.78 is 0. The fourth-order valence-electron chi connectivity index (χ4n) is 5.47. The predicted octanol–water partition coefficient (Wildman–Crippen LogP) is 7.02. The van der Waals surface area contributed by atoms with Gasteiger partial charge in [-0.05, 0) is 47.0 Å². The van der Waals surface area contributed by atoms with Crippen molar-refractivity contribution in [3.05, 3.63) is 138 Å². The third-order valence-electron chi connectivity index (χ3n) is 7.52. The molecule has 0 aliphatic carbocycles. The minimum Gasteiger partial charge on any atom is -0.366 e. The monoisotopic (exact) mass is 548 g/mol. The van der Waals surface area contributed by atoms with Crippen LogP contribution in [0.2, 0.25) is 0 Å². The summed E-state index contributed by atoms with van der Waals surface area (Å²) in [4.78, 5) is 33.1. The molecule has 1 aliphatic heterocycles. The number of para-hydroxylation sites is 1. The first-order valence-electron chi connectivity index (χ1n) is 14.0. The van der Waals surface area contributed by atoms with Crippen molar-refractivity contribution in [2.45, 2.75) is 13.0 Å². The van der Waals surface area contributed by atoms with Gasteiger partial charge in [-0.25, -0.2) is 9.97 Å². The van der Waals surface area contributed by atoms with Gasteiger partial charge in [0, 0.05) is 48.7 Å². The van der Waals surface area contributed by atoms with Gasteiger partial charge in [0.2, 0.25) is 0 Å².